The lowest BCUT2D eigenvalue weighted by Gasteiger charge is -2.14. The Kier molecular flexibility index (Phi) is 7.08. The molecule has 2 aromatic carbocycles. The van der Waals surface area contributed by atoms with Crippen molar-refractivity contribution in [3.63, 3.8) is 0 Å². The normalized spacial score (nSPS) is 12.5. The summed E-state index contributed by atoms with van der Waals surface area (Å²) in [5, 5.41) is 7.72. The van der Waals surface area contributed by atoms with E-state index in [-0.39, 0.29) is 4.90 Å². The molecule has 2 rings (SSSR count). The third-order valence-corrected chi connectivity index (χ3v) is 4.85. The van der Waals surface area contributed by atoms with Crippen LogP contribution >= 0.6 is 0 Å². The van der Waals surface area contributed by atoms with Crippen molar-refractivity contribution in [3.05, 3.63) is 71.3 Å². The van der Waals surface area contributed by atoms with Crippen LogP contribution in [0, 0.1) is 6.92 Å². The average Bonchev–Trinajstić information content (AvgIpc) is 2.65. The summed E-state index contributed by atoms with van der Waals surface area (Å²) >= 11 is 0. The van der Waals surface area contributed by atoms with Gasteiger partial charge in [-0.25, -0.2) is 18.4 Å². The first kappa shape index (κ1) is 21.3. The second-order valence-corrected chi connectivity index (χ2v) is 7.82. The maximum atomic E-state index is 11.9. The predicted octanol–water partition coefficient (Wildman–Crippen LogP) is 2.08. The van der Waals surface area contributed by atoms with E-state index in [9.17, 15) is 18.0 Å². The Bertz CT molecular complexity index is 965. The zero-order chi connectivity index (χ0) is 20.7. The first-order chi connectivity index (χ1) is 13.1. The fraction of sp³-hybridized carbons (Fsp3) is 0.200. The molecule has 0 radical (unpaired) electrons. The van der Waals surface area contributed by atoms with Gasteiger partial charge in [0.05, 0.1) is 10.9 Å². The van der Waals surface area contributed by atoms with Gasteiger partial charge in [-0.2, -0.15) is 0 Å². The lowest BCUT2D eigenvalue weighted by atomic mass is 10.1. The van der Waals surface area contributed by atoms with Crippen molar-refractivity contribution in [2.45, 2.75) is 24.8 Å². The number of rotatable bonds is 7. The highest BCUT2D eigenvalue weighted by Gasteiger charge is 2.13. The van der Waals surface area contributed by atoms with Crippen molar-refractivity contribution in [1.29, 1.82) is 0 Å². The van der Waals surface area contributed by atoms with E-state index < -0.39 is 34.5 Å². The second kappa shape index (κ2) is 9.29. The van der Waals surface area contributed by atoms with Gasteiger partial charge in [0, 0.05) is 6.08 Å². The van der Waals surface area contributed by atoms with Crippen LogP contribution in [0.3, 0.4) is 0 Å². The number of nitrogens with two attached hydrogens (primary N) is 1. The summed E-state index contributed by atoms with van der Waals surface area (Å²) in [7, 11) is -3.77. The van der Waals surface area contributed by atoms with Crippen LogP contribution in [0.25, 0.3) is 6.08 Å². The van der Waals surface area contributed by atoms with Gasteiger partial charge < -0.3 is 10.1 Å². The number of carbonyl (C=O) groups is 2. The number of carbonyl (C=O) groups excluding carboxylic acids is 2. The van der Waals surface area contributed by atoms with Gasteiger partial charge in [0.2, 0.25) is 10.0 Å². The summed E-state index contributed by atoms with van der Waals surface area (Å²) in [6.07, 6.45) is 2.86. The molecule has 0 aliphatic heterocycles. The molecule has 3 N–H and O–H groups in total. The van der Waals surface area contributed by atoms with Crippen LogP contribution in [-0.4, -0.2) is 26.9 Å². The average molecular weight is 402 g/mol. The van der Waals surface area contributed by atoms with Crippen LogP contribution in [0.15, 0.2) is 59.5 Å². The molecule has 0 bridgehead atoms. The monoisotopic (exact) mass is 402 g/mol. The molecule has 0 aromatic heterocycles. The molecule has 28 heavy (non-hydrogen) atoms. The highest BCUT2D eigenvalue weighted by molar-refractivity contribution is 7.89. The van der Waals surface area contributed by atoms with Gasteiger partial charge >= 0.3 is 5.97 Å². The number of amides is 1. The molecule has 8 heteroatoms. The summed E-state index contributed by atoms with van der Waals surface area (Å²) in [6.45, 7) is 3.27. The zero-order valence-corrected chi connectivity index (χ0v) is 16.4. The highest BCUT2D eigenvalue weighted by Crippen LogP contribution is 2.15. The molecule has 0 spiro atoms. The summed E-state index contributed by atoms with van der Waals surface area (Å²) in [6, 6.07) is 13.0. The lowest BCUT2D eigenvalue weighted by Crippen LogP contribution is -2.30. The third kappa shape index (κ3) is 6.64. The number of primary sulfonamides is 1. The van der Waals surface area contributed by atoms with Crippen LogP contribution in [0.5, 0.6) is 0 Å². The van der Waals surface area contributed by atoms with Gasteiger partial charge in [0.1, 0.15) is 0 Å². The molecule has 7 nitrogen and oxygen atoms in total. The Labute approximate surface area is 164 Å². The van der Waals surface area contributed by atoms with E-state index in [0.717, 1.165) is 11.1 Å². The third-order valence-electron chi connectivity index (χ3n) is 3.92. The first-order valence-corrected chi connectivity index (χ1v) is 10.0. The smallest absolute Gasteiger partial charge is 0.331 e. The van der Waals surface area contributed by atoms with Crippen LogP contribution in [0.1, 0.15) is 29.7 Å². The minimum absolute atomic E-state index is 0.0101. The van der Waals surface area contributed by atoms with Gasteiger partial charge in [-0.3, -0.25) is 4.79 Å². The fourth-order valence-corrected chi connectivity index (χ4v) is 2.85. The van der Waals surface area contributed by atoms with E-state index in [4.69, 9.17) is 9.88 Å². The Morgan fingerprint density at radius 3 is 2.29 bits per heavy atom. The van der Waals surface area contributed by atoms with Gasteiger partial charge in [0.25, 0.3) is 5.91 Å². The Morgan fingerprint density at radius 2 is 1.71 bits per heavy atom. The van der Waals surface area contributed by atoms with E-state index in [0.29, 0.717) is 5.56 Å². The molecule has 0 heterocycles. The minimum Gasteiger partial charge on any atom is -0.452 e. The Morgan fingerprint density at radius 1 is 1.11 bits per heavy atom. The molecule has 0 fully saturated rings. The molecular weight excluding hydrogens is 380 g/mol. The van der Waals surface area contributed by atoms with E-state index in [1.54, 1.807) is 25.1 Å². The minimum atomic E-state index is -3.77. The number of nitrogens with one attached hydrogen (secondary N) is 1. The van der Waals surface area contributed by atoms with Gasteiger partial charge in [0.15, 0.2) is 6.61 Å². The number of benzene rings is 2. The van der Waals surface area contributed by atoms with E-state index in [2.05, 4.69) is 5.32 Å². The van der Waals surface area contributed by atoms with Crippen molar-refractivity contribution in [3.8, 4) is 0 Å². The highest BCUT2D eigenvalue weighted by atomic mass is 32.2. The molecule has 0 saturated heterocycles. The van der Waals surface area contributed by atoms with E-state index >= 15 is 0 Å². The molecule has 0 aliphatic rings. The number of sulfonamides is 1. The van der Waals surface area contributed by atoms with Crippen LogP contribution in [-0.2, 0) is 24.3 Å². The van der Waals surface area contributed by atoms with Crippen LogP contribution in [0.2, 0.25) is 0 Å². The predicted molar refractivity (Wildman–Crippen MR) is 106 cm³/mol. The van der Waals surface area contributed by atoms with Crippen LogP contribution in [0.4, 0.5) is 0 Å². The maximum absolute atomic E-state index is 11.9. The molecule has 1 amide bonds. The largest absolute Gasteiger partial charge is 0.452 e. The lowest BCUT2D eigenvalue weighted by molar-refractivity contribution is -0.144. The number of esters is 1. The standard InChI is InChI=1S/C20H22N2O5S/c1-14-3-5-16(6-4-14)7-12-20(24)27-13-19(23)22-15(2)17-8-10-18(11-9-17)28(21,25)26/h3-12,15H,13H2,1-2H3,(H,22,23)(H2,21,25,26)/b12-7+/t15-/m1/s1. The van der Waals surface area contributed by atoms with Gasteiger partial charge in [-0.15, -0.1) is 0 Å². The molecular formula is C20H22N2O5S. The number of aryl methyl sites for hydroxylation is 1. The molecule has 0 unspecified atom stereocenters. The molecule has 2 aromatic rings. The maximum Gasteiger partial charge on any atom is 0.331 e. The first-order valence-electron chi connectivity index (χ1n) is 8.49. The van der Waals surface area contributed by atoms with E-state index in [1.165, 1.54) is 18.2 Å². The van der Waals surface area contributed by atoms with Crippen molar-refractivity contribution < 1.29 is 22.7 Å². The SMILES string of the molecule is Cc1ccc(/C=C/C(=O)OCC(=O)N[C@H](C)c2ccc(S(N)(=O)=O)cc2)cc1. The second-order valence-electron chi connectivity index (χ2n) is 6.25. The Balaban J connectivity index is 1.82. The summed E-state index contributed by atoms with van der Waals surface area (Å²) in [4.78, 5) is 23.6. The number of hydrogen-bond acceptors (Lipinski definition) is 5. The van der Waals surface area contributed by atoms with Crippen molar-refractivity contribution in [2.24, 2.45) is 5.14 Å². The van der Waals surface area contributed by atoms with Gasteiger partial charge in [-0.05, 0) is 43.2 Å². The summed E-state index contributed by atoms with van der Waals surface area (Å²) < 4.78 is 27.4. The summed E-state index contributed by atoms with van der Waals surface area (Å²) in [5.41, 5.74) is 2.65. The Hall–Kier alpha value is -2.97. The van der Waals surface area contributed by atoms with Crippen molar-refractivity contribution >= 4 is 28.0 Å². The number of hydrogen-bond donors (Lipinski definition) is 2. The molecule has 0 aliphatic carbocycles. The summed E-state index contributed by atoms with van der Waals surface area (Å²) in [5.74, 6) is -1.10. The molecule has 1 atom stereocenters. The topological polar surface area (TPSA) is 116 Å². The van der Waals surface area contributed by atoms with Crippen LogP contribution < -0.4 is 10.5 Å². The number of ether oxygens (including phenoxy) is 1. The van der Waals surface area contributed by atoms with Crippen molar-refractivity contribution in [1.82, 2.24) is 5.32 Å². The van der Waals surface area contributed by atoms with E-state index in [1.807, 2.05) is 31.2 Å². The molecule has 148 valence electrons. The fourth-order valence-electron chi connectivity index (χ4n) is 2.34. The van der Waals surface area contributed by atoms with Crippen molar-refractivity contribution in [2.75, 3.05) is 6.61 Å². The molecule has 0 saturated carbocycles. The zero-order valence-electron chi connectivity index (χ0n) is 15.6. The van der Waals surface area contributed by atoms with Gasteiger partial charge in [-0.1, -0.05) is 42.0 Å². The quantitative estimate of drug-likeness (QED) is 0.543.